The van der Waals surface area contributed by atoms with E-state index in [-0.39, 0.29) is 11.8 Å². The maximum absolute atomic E-state index is 11.9. The molecule has 3 nitrogen and oxygen atoms in total. The van der Waals surface area contributed by atoms with Crippen LogP contribution in [0.15, 0.2) is 23.3 Å². The molecule has 0 saturated heterocycles. The van der Waals surface area contributed by atoms with E-state index < -0.39 is 0 Å². The standard InChI is InChI=1S/C12H14BrNO2/c13-7-3-4-8-14-11(15)9-5-1-2-6-10(9)12(14)16/h1,5H,2-4,6-8H2. The number of carbonyl (C=O) groups excluding carboxylic acids is 2. The topological polar surface area (TPSA) is 37.4 Å². The van der Waals surface area contributed by atoms with E-state index in [0.717, 1.165) is 24.6 Å². The van der Waals surface area contributed by atoms with Gasteiger partial charge in [-0.3, -0.25) is 14.5 Å². The van der Waals surface area contributed by atoms with Crippen LogP contribution in [0.1, 0.15) is 25.7 Å². The predicted molar refractivity (Wildman–Crippen MR) is 65.1 cm³/mol. The van der Waals surface area contributed by atoms with Crippen molar-refractivity contribution in [3.63, 3.8) is 0 Å². The Morgan fingerprint density at radius 2 is 2.06 bits per heavy atom. The van der Waals surface area contributed by atoms with E-state index in [9.17, 15) is 9.59 Å². The van der Waals surface area contributed by atoms with Gasteiger partial charge in [-0.15, -0.1) is 0 Å². The SMILES string of the molecule is O=C1C2=C(CCC=C2)C(=O)N1CCCCBr. The van der Waals surface area contributed by atoms with Crippen LogP contribution in [-0.4, -0.2) is 28.6 Å². The Balaban J connectivity index is 2.07. The second-order valence-corrected chi connectivity index (χ2v) is 4.78. The van der Waals surface area contributed by atoms with E-state index in [2.05, 4.69) is 15.9 Å². The van der Waals surface area contributed by atoms with Crippen LogP contribution in [0.2, 0.25) is 0 Å². The lowest BCUT2D eigenvalue weighted by molar-refractivity contribution is -0.137. The van der Waals surface area contributed by atoms with Gasteiger partial charge in [0.05, 0.1) is 0 Å². The number of halogens is 1. The number of rotatable bonds is 4. The highest BCUT2D eigenvalue weighted by atomic mass is 79.9. The average molecular weight is 284 g/mol. The normalized spacial score (nSPS) is 19.7. The minimum atomic E-state index is -0.106. The Kier molecular flexibility index (Phi) is 3.59. The molecule has 1 heterocycles. The van der Waals surface area contributed by atoms with E-state index >= 15 is 0 Å². The van der Waals surface area contributed by atoms with Crippen molar-refractivity contribution in [2.75, 3.05) is 11.9 Å². The molecular formula is C12H14BrNO2. The molecule has 0 saturated carbocycles. The van der Waals surface area contributed by atoms with Gasteiger partial charge in [0.25, 0.3) is 11.8 Å². The van der Waals surface area contributed by atoms with Gasteiger partial charge in [-0.25, -0.2) is 0 Å². The molecule has 0 spiro atoms. The Morgan fingerprint density at radius 3 is 2.75 bits per heavy atom. The largest absolute Gasteiger partial charge is 0.275 e. The smallest absolute Gasteiger partial charge is 0.261 e. The molecule has 0 atom stereocenters. The van der Waals surface area contributed by atoms with Gasteiger partial charge >= 0.3 is 0 Å². The molecule has 1 aliphatic carbocycles. The zero-order valence-corrected chi connectivity index (χ0v) is 10.6. The third-order valence-corrected chi connectivity index (χ3v) is 3.48. The number of alkyl halides is 1. The maximum atomic E-state index is 11.9. The lowest BCUT2D eigenvalue weighted by atomic mass is 10.00. The van der Waals surface area contributed by atoms with Gasteiger partial charge in [-0.2, -0.15) is 0 Å². The molecule has 0 fully saturated rings. The number of amides is 2. The van der Waals surface area contributed by atoms with Gasteiger partial charge in [-0.1, -0.05) is 28.1 Å². The van der Waals surface area contributed by atoms with Crippen molar-refractivity contribution in [3.05, 3.63) is 23.3 Å². The van der Waals surface area contributed by atoms with Crippen molar-refractivity contribution in [2.24, 2.45) is 0 Å². The molecule has 0 radical (unpaired) electrons. The highest BCUT2D eigenvalue weighted by Gasteiger charge is 2.36. The first-order chi connectivity index (χ1) is 7.75. The fourth-order valence-electron chi connectivity index (χ4n) is 2.05. The summed E-state index contributed by atoms with van der Waals surface area (Å²) in [6.07, 6.45) is 7.19. The summed E-state index contributed by atoms with van der Waals surface area (Å²) in [5.41, 5.74) is 1.33. The van der Waals surface area contributed by atoms with Crippen molar-refractivity contribution in [1.29, 1.82) is 0 Å². The first-order valence-corrected chi connectivity index (χ1v) is 6.69. The number of imide groups is 1. The van der Waals surface area contributed by atoms with Crippen LogP contribution >= 0.6 is 15.9 Å². The molecule has 2 rings (SSSR count). The quantitative estimate of drug-likeness (QED) is 0.451. The summed E-state index contributed by atoms with van der Waals surface area (Å²) in [7, 11) is 0. The molecule has 86 valence electrons. The van der Waals surface area contributed by atoms with Crippen LogP contribution < -0.4 is 0 Å². The number of allylic oxidation sites excluding steroid dienone is 1. The van der Waals surface area contributed by atoms with Gasteiger partial charge in [0, 0.05) is 23.0 Å². The highest BCUT2D eigenvalue weighted by Crippen LogP contribution is 2.29. The molecule has 1 aliphatic heterocycles. The molecule has 0 bridgehead atoms. The third-order valence-electron chi connectivity index (χ3n) is 2.91. The zero-order valence-electron chi connectivity index (χ0n) is 9.04. The third kappa shape index (κ3) is 1.98. The van der Waals surface area contributed by atoms with E-state index in [4.69, 9.17) is 0 Å². The van der Waals surface area contributed by atoms with Crippen LogP contribution in [0.4, 0.5) is 0 Å². The van der Waals surface area contributed by atoms with Crippen LogP contribution in [0.25, 0.3) is 0 Å². The Morgan fingerprint density at radius 1 is 1.25 bits per heavy atom. The predicted octanol–water partition coefficient (Wildman–Crippen LogP) is 2.18. The summed E-state index contributed by atoms with van der Waals surface area (Å²) in [6, 6.07) is 0. The van der Waals surface area contributed by atoms with Crippen molar-refractivity contribution >= 4 is 27.7 Å². The number of hydrogen-bond donors (Lipinski definition) is 0. The summed E-state index contributed by atoms with van der Waals surface area (Å²) >= 11 is 3.34. The molecule has 0 aromatic rings. The fraction of sp³-hybridized carbons (Fsp3) is 0.500. The lowest BCUT2D eigenvalue weighted by Crippen LogP contribution is -2.32. The first kappa shape index (κ1) is 11.6. The molecule has 16 heavy (non-hydrogen) atoms. The van der Waals surface area contributed by atoms with Gasteiger partial charge in [0.1, 0.15) is 0 Å². The van der Waals surface area contributed by atoms with Crippen LogP contribution in [0.5, 0.6) is 0 Å². The Labute approximate surface area is 103 Å². The Bertz CT molecular complexity index is 384. The minimum Gasteiger partial charge on any atom is -0.275 e. The fourth-order valence-corrected chi connectivity index (χ4v) is 2.45. The molecule has 0 aromatic heterocycles. The number of unbranched alkanes of at least 4 members (excludes halogenated alkanes) is 1. The van der Waals surface area contributed by atoms with Gasteiger partial charge in [0.15, 0.2) is 0 Å². The zero-order chi connectivity index (χ0) is 11.5. The van der Waals surface area contributed by atoms with E-state index in [0.29, 0.717) is 24.1 Å². The van der Waals surface area contributed by atoms with Crippen LogP contribution in [0.3, 0.4) is 0 Å². The number of nitrogens with zero attached hydrogens (tertiary/aromatic N) is 1. The summed E-state index contributed by atoms with van der Waals surface area (Å²) in [6.45, 7) is 0.546. The van der Waals surface area contributed by atoms with Crippen LogP contribution in [-0.2, 0) is 9.59 Å². The number of hydrogen-bond acceptors (Lipinski definition) is 2. The molecule has 0 N–H and O–H groups in total. The molecular weight excluding hydrogens is 270 g/mol. The van der Waals surface area contributed by atoms with Crippen LogP contribution in [0, 0.1) is 0 Å². The molecule has 0 aromatic carbocycles. The van der Waals surface area contributed by atoms with Crippen molar-refractivity contribution in [2.45, 2.75) is 25.7 Å². The van der Waals surface area contributed by atoms with Crippen molar-refractivity contribution in [3.8, 4) is 0 Å². The summed E-state index contributed by atoms with van der Waals surface area (Å²) in [4.78, 5) is 25.3. The average Bonchev–Trinajstić information content (AvgIpc) is 2.55. The molecule has 2 amide bonds. The summed E-state index contributed by atoms with van der Waals surface area (Å²) in [5, 5.41) is 0.913. The van der Waals surface area contributed by atoms with Crippen molar-refractivity contribution < 1.29 is 9.59 Å². The second kappa shape index (κ2) is 4.95. The Hall–Kier alpha value is -0.900. The van der Waals surface area contributed by atoms with E-state index in [1.165, 1.54) is 4.90 Å². The highest BCUT2D eigenvalue weighted by molar-refractivity contribution is 9.09. The number of carbonyl (C=O) groups is 2. The summed E-state index contributed by atoms with van der Waals surface area (Å²) in [5.74, 6) is -0.176. The molecule has 4 heteroatoms. The molecule has 2 aliphatic rings. The van der Waals surface area contributed by atoms with Gasteiger partial charge in [-0.05, 0) is 25.7 Å². The van der Waals surface area contributed by atoms with Gasteiger partial charge < -0.3 is 0 Å². The first-order valence-electron chi connectivity index (χ1n) is 5.57. The lowest BCUT2D eigenvalue weighted by Gasteiger charge is -2.13. The van der Waals surface area contributed by atoms with E-state index in [1.807, 2.05) is 6.08 Å². The summed E-state index contributed by atoms with van der Waals surface area (Å²) < 4.78 is 0. The van der Waals surface area contributed by atoms with Gasteiger partial charge in [0.2, 0.25) is 0 Å². The van der Waals surface area contributed by atoms with Crippen molar-refractivity contribution in [1.82, 2.24) is 4.90 Å². The monoisotopic (exact) mass is 283 g/mol. The second-order valence-electron chi connectivity index (χ2n) is 3.99. The molecule has 0 unspecified atom stereocenters. The minimum absolute atomic E-state index is 0.0704. The maximum Gasteiger partial charge on any atom is 0.261 e. The van der Waals surface area contributed by atoms with E-state index in [1.54, 1.807) is 6.08 Å².